The molecule has 28 heavy (non-hydrogen) atoms. The van der Waals surface area contributed by atoms with Crippen molar-refractivity contribution in [2.24, 2.45) is 0 Å². The Morgan fingerprint density at radius 3 is 2.50 bits per heavy atom. The molecule has 0 unspecified atom stereocenters. The number of fused-ring (bicyclic) bond motifs is 1. The second-order valence-electron chi connectivity index (χ2n) is 6.58. The monoisotopic (exact) mass is 391 g/mol. The smallest absolute Gasteiger partial charge is 0.307 e. The summed E-state index contributed by atoms with van der Waals surface area (Å²) in [5.41, 5.74) is 2.89. The fourth-order valence-electron chi connectivity index (χ4n) is 3.33. The molecule has 4 aromatic rings. The minimum Gasteiger partial charge on any atom is -0.481 e. The first-order valence-electron chi connectivity index (χ1n) is 8.89. The topological polar surface area (TPSA) is 51.5 Å². The first-order valence-corrected chi connectivity index (χ1v) is 9.27. The van der Waals surface area contributed by atoms with E-state index in [-0.39, 0.29) is 6.42 Å². The van der Waals surface area contributed by atoms with Gasteiger partial charge in [0.25, 0.3) is 0 Å². The normalized spacial score (nSPS) is 10.9. The van der Waals surface area contributed by atoms with Crippen molar-refractivity contribution in [2.45, 2.75) is 13.0 Å². The summed E-state index contributed by atoms with van der Waals surface area (Å²) in [6.45, 7) is 0.618. The molecule has 0 aliphatic heterocycles. The number of carbonyl (C=O) groups is 1. The van der Waals surface area contributed by atoms with Gasteiger partial charge < -0.3 is 14.4 Å². The number of halogens is 1. The van der Waals surface area contributed by atoms with Crippen molar-refractivity contribution in [1.82, 2.24) is 4.57 Å². The Labute approximate surface area is 167 Å². The lowest BCUT2D eigenvalue weighted by molar-refractivity contribution is -0.136. The number of hydrogen-bond donors (Lipinski definition) is 1. The maximum absolute atomic E-state index is 11.2. The quantitative estimate of drug-likeness (QED) is 0.454. The van der Waals surface area contributed by atoms with Gasteiger partial charge in [0.15, 0.2) is 0 Å². The van der Waals surface area contributed by atoms with Gasteiger partial charge in [0.1, 0.15) is 11.5 Å². The average molecular weight is 392 g/mol. The number of para-hydroxylation sites is 1. The first kappa shape index (κ1) is 18.1. The molecule has 140 valence electrons. The van der Waals surface area contributed by atoms with Crippen LogP contribution in [0, 0.1) is 0 Å². The highest BCUT2D eigenvalue weighted by Crippen LogP contribution is 2.27. The van der Waals surface area contributed by atoms with Gasteiger partial charge in [-0.2, -0.15) is 0 Å². The molecule has 1 heterocycles. The molecule has 4 rings (SSSR count). The molecule has 0 radical (unpaired) electrons. The van der Waals surface area contributed by atoms with Crippen molar-refractivity contribution in [2.75, 3.05) is 0 Å². The molecule has 0 amide bonds. The van der Waals surface area contributed by atoms with Crippen LogP contribution in [0.25, 0.3) is 10.9 Å². The number of benzene rings is 3. The molecule has 3 aromatic carbocycles. The maximum Gasteiger partial charge on any atom is 0.307 e. The number of hydrogen-bond acceptors (Lipinski definition) is 2. The molecule has 0 fully saturated rings. The van der Waals surface area contributed by atoms with E-state index in [9.17, 15) is 9.90 Å². The van der Waals surface area contributed by atoms with E-state index in [4.69, 9.17) is 16.3 Å². The number of aromatic nitrogens is 1. The van der Waals surface area contributed by atoms with Crippen molar-refractivity contribution in [3.8, 4) is 11.5 Å². The second kappa shape index (κ2) is 7.79. The Morgan fingerprint density at radius 2 is 1.71 bits per heavy atom. The summed E-state index contributed by atoms with van der Waals surface area (Å²) in [4.78, 5) is 11.2. The molecule has 0 atom stereocenters. The molecule has 0 aliphatic rings. The van der Waals surface area contributed by atoms with Gasteiger partial charge in [-0.05, 0) is 47.5 Å². The molecule has 4 nitrogen and oxygen atoms in total. The largest absolute Gasteiger partial charge is 0.481 e. The van der Waals surface area contributed by atoms with E-state index in [1.807, 2.05) is 66.9 Å². The molecule has 0 bridgehead atoms. The van der Waals surface area contributed by atoms with E-state index < -0.39 is 5.97 Å². The molecule has 1 aromatic heterocycles. The van der Waals surface area contributed by atoms with Gasteiger partial charge in [0.2, 0.25) is 0 Å². The van der Waals surface area contributed by atoms with Crippen molar-refractivity contribution in [3.05, 3.63) is 95.1 Å². The second-order valence-corrected chi connectivity index (χ2v) is 7.01. The predicted octanol–water partition coefficient (Wildman–Crippen LogP) is 5.76. The Hall–Kier alpha value is -3.24. The zero-order valence-electron chi connectivity index (χ0n) is 15.0. The van der Waals surface area contributed by atoms with E-state index in [1.54, 1.807) is 12.1 Å². The van der Waals surface area contributed by atoms with Crippen LogP contribution < -0.4 is 4.74 Å². The summed E-state index contributed by atoms with van der Waals surface area (Å²) in [5, 5.41) is 10.8. The Balaban J connectivity index is 1.62. The summed E-state index contributed by atoms with van der Waals surface area (Å²) < 4.78 is 7.99. The van der Waals surface area contributed by atoms with Crippen LogP contribution in [0.1, 0.15) is 11.1 Å². The molecule has 0 aliphatic carbocycles. The molecule has 5 heteroatoms. The number of carboxylic acid groups (broad SMARTS) is 1. The van der Waals surface area contributed by atoms with Crippen LogP contribution in [-0.4, -0.2) is 15.6 Å². The highest BCUT2D eigenvalue weighted by atomic mass is 35.5. The summed E-state index contributed by atoms with van der Waals surface area (Å²) in [7, 11) is 0. The fraction of sp³-hybridized carbons (Fsp3) is 0.0870. The number of nitrogens with zero attached hydrogens (tertiary/aromatic N) is 1. The maximum atomic E-state index is 11.2. The van der Waals surface area contributed by atoms with Crippen LogP contribution in [0.4, 0.5) is 0 Å². The van der Waals surface area contributed by atoms with Gasteiger partial charge in [-0.1, -0.05) is 48.0 Å². The van der Waals surface area contributed by atoms with E-state index in [2.05, 4.69) is 4.57 Å². The molecule has 0 saturated carbocycles. The van der Waals surface area contributed by atoms with Crippen molar-refractivity contribution >= 4 is 28.5 Å². The van der Waals surface area contributed by atoms with Crippen LogP contribution in [0.3, 0.4) is 0 Å². The fourth-order valence-corrected chi connectivity index (χ4v) is 3.51. The van der Waals surface area contributed by atoms with Gasteiger partial charge in [0, 0.05) is 28.7 Å². The predicted molar refractivity (Wildman–Crippen MR) is 110 cm³/mol. The zero-order chi connectivity index (χ0) is 19.5. The number of rotatable bonds is 6. The lowest BCUT2D eigenvalue weighted by Crippen LogP contribution is -2.00. The SMILES string of the molecule is O=C(O)Cc1cn(Cc2cccc(Oc3cccc(Cl)c3)c2)c2ccccc12. The summed E-state index contributed by atoms with van der Waals surface area (Å²) in [6, 6.07) is 23.0. The number of carboxylic acids is 1. The van der Waals surface area contributed by atoms with Crippen LogP contribution in [0.5, 0.6) is 11.5 Å². The van der Waals surface area contributed by atoms with Gasteiger partial charge in [-0.3, -0.25) is 4.79 Å². The third-order valence-corrected chi connectivity index (χ3v) is 4.73. The third-order valence-electron chi connectivity index (χ3n) is 4.50. The standard InChI is InChI=1S/C23H18ClNO3/c24-18-6-4-8-20(13-18)28-19-7-3-5-16(11-19)14-25-15-17(12-23(26)27)21-9-1-2-10-22(21)25/h1-11,13,15H,12,14H2,(H,26,27). The highest BCUT2D eigenvalue weighted by Gasteiger charge is 2.11. The van der Waals surface area contributed by atoms with Crippen molar-refractivity contribution in [3.63, 3.8) is 0 Å². The van der Waals surface area contributed by atoms with Crippen LogP contribution in [0.15, 0.2) is 79.0 Å². The van der Waals surface area contributed by atoms with E-state index in [1.165, 1.54) is 0 Å². The van der Waals surface area contributed by atoms with Gasteiger partial charge in [-0.15, -0.1) is 0 Å². The Kier molecular flexibility index (Phi) is 5.04. The molecule has 1 N–H and O–H groups in total. The zero-order valence-corrected chi connectivity index (χ0v) is 15.8. The van der Waals surface area contributed by atoms with Gasteiger partial charge >= 0.3 is 5.97 Å². The van der Waals surface area contributed by atoms with E-state index in [0.29, 0.717) is 17.3 Å². The van der Waals surface area contributed by atoms with Gasteiger partial charge in [0.05, 0.1) is 6.42 Å². The summed E-state index contributed by atoms with van der Waals surface area (Å²) in [5.74, 6) is 0.571. The Morgan fingerprint density at radius 1 is 0.964 bits per heavy atom. The lowest BCUT2D eigenvalue weighted by atomic mass is 10.1. The first-order chi connectivity index (χ1) is 13.6. The van der Waals surface area contributed by atoms with Crippen LogP contribution in [0.2, 0.25) is 5.02 Å². The lowest BCUT2D eigenvalue weighted by Gasteiger charge is -2.09. The molecule has 0 spiro atoms. The molecular weight excluding hydrogens is 374 g/mol. The van der Waals surface area contributed by atoms with E-state index >= 15 is 0 Å². The highest BCUT2D eigenvalue weighted by molar-refractivity contribution is 6.30. The Bertz CT molecular complexity index is 1150. The van der Waals surface area contributed by atoms with Crippen molar-refractivity contribution in [1.29, 1.82) is 0 Å². The third kappa shape index (κ3) is 4.02. The number of aliphatic carboxylic acids is 1. The molecular formula is C23H18ClNO3. The van der Waals surface area contributed by atoms with Crippen LogP contribution in [-0.2, 0) is 17.8 Å². The van der Waals surface area contributed by atoms with Gasteiger partial charge in [-0.25, -0.2) is 0 Å². The molecule has 0 saturated heterocycles. The minimum atomic E-state index is -0.833. The summed E-state index contributed by atoms with van der Waals surface area (Å²) >= 11 is 6.02. The summed E-state index contributed by atoms with van der Waals surface area (Å²) in [6.07, 6.45) is 1.93. The van der Waals surface area contributed by atoms with Crippen LogP contribution >= 0.6 is 11.6 Å². The number of ether oxygens (including phenoxy) is 1. The van der Waals surface area contributed by atoms with Crippen molar-refractivity contribution < 1.29 is 14.6 Å². The average Bonchev–Trinajstić information content (AvgIpc) is 2.99. The minimum absolute atomic E-state index is 0.00539. The van der Waals surface area contributed by atoms with E-state index in [0.717, 1.165) is 27.8 Å².